The van der Waals surface area contributed by atoms with Gasteiger partial charge in [-0.15, -0.1) is 0 Å². The number of allylic oxidation sites excluding steroid dienone is 1. The third-order valence-electron chi connectivity index (χ3n) is 7.61. The van der Waals surface area contributed by atoms with Crippen LogP contribution in [0.4, 0.5) is 0 Å². The number of aliphatic imine (C=N–C) groups is 1. The second-order valence-corrected chi connectivity index (χ2v) is 12.6. The van der Waals surface area contributed by atoms with Crippen LogP contribution in [0.3, 0.4) is 0 Å². The summed E-state index contributed by atoms with van der Waals surface area (Å²) in [5, 5.41) is 2.13. The monoisotopic (exact) mass is 570 g/mol. The van der Waals surface area contributed by atoms with Gasteiger partial charge >= 0.3 is 0 Å². The van der Waals surface area contributed by atoms with E-state index in [1.807, 2.05) is 48.5 Å². The Bertz CT molecular complexity index is 1320. The number of amidine groups is 1. The van der Waals surface area contributed by atoms with E-state index in [1.54, 1.807) is 23.9 Å². The zero-order valence-electron chi connectivity index (χ0n) is 22.2. The Balaban J connectivity index is 1.61. The van der Waals surface area contributed by atoms with Crippen molar-refractivity contribution in [3.05, 3.63) is 80.3 Å². The summed E-state index contributed by atoms with van der Waals surface area (Å²) in [7, 11) is 3.48. The number of likely N-dealkylation sites (N-methyl/N-ethyl adjacent to an activating group) is 1. The highest BCUT2D eigenvalue weighted by atomic mass is 35.5. The second kappa shape index (κ2) is 10.2. The molecule has 3 aliphatic rings. The Morgan fingerprint density at radius 1 is 1.05 bits per heavy atom. The van der Waals surface area contributed by atoms with E-state index < -0.39 is 11.6 Å². The van der Waals surface area contributed by atoms with E-state index in [2.05, 4.69) is 25.7 Å². The maximum atomic E-state index is 14.1. The number of thioether (sulfide) groups is 1. The smallest absolute Gasteiger partial charge is 0.263 e. The third-order valence-corrected chi connectivity index (χ3v) is 9.17. The molecule has 1 saturated heterocycles. The Labute approximate surface area is 238 Å². The van der Waals surface area contributed by atoms with Gasteiger partial charge in [0, 0.05) is 36.4 Å². The zero-order chi connectivity index (χ0) is 27.4. The Hall–Kier alpha value is -2.48. The fourth-order valence-corrected chi connectivity index (χ4v) is 7.37. The maximum absolute atomic E-state index is 14.1. The molecule has 2 aromatic carbocycles. The van der Waals surface area contributed by atoms with Crippen LogP contribution in [0.25, 0.3) is 0 Å². The van der Waals surface area contributed by atoms with Gasteiger partial charge in [-0.25, -0.2) is 4.99 Å². The highest BCUT2D eigenvalue weighted by Gasteiger charge is 2.54. The van der Waals surface area contributed by atoms with Crippen LogP contribution in [0.2, 0.25) is 10.0 Å². The van der Waals surface area contributed by atoms with Gasteiger partial charge in [-0.3, -0.25) is 9.59 Å². The molecule has 6 nitrogen and oxygen atoms in total. The topological polar surface area (TPSA) is 56.2 Å². The molecular weight excluding hydrogens is 539 g/mol. The number of nitrogens with zero attached hydrogens (tertiary/aromatic N) is 4. The summed E-state index contributed by atoms with van der Waals surface area (Å²) in [4.78, 5) is 38.4. The minimum atomic E-state index is -0.619. The van der Waals surface area contributed by atoms with E-state index >= 15 is 0 Å². The SMILES string of the molecule is CC(C)C1=C(C(=O)N2CCC[C@@H]2C(=O)N(C)C)SC2=NC(C)(c3ccc(Cl)cc3)C(c3ccc(Cl)cc3)N21. The molecule has 0 aromatic heterocycles. The molecule has 2 unspecified atom stereocenters. The van der Waals surface area contributed by atoms with Crippen molar-refractivity contribution in [2.45, 2.75) is 51.2 Å². The molecule has 3 aliphatic heterocycles. The van der Waals surface area contributed by atoms with Gasteiger partial charge in [0.15, 0.2) is 5.17 Å². The molecular formula is C29H32Cl2N4O2S. The lowest BCUT2D eigenvalue weighted by molar-refractivity contribution is -0.140. The molecule has 1 fully saturated rings. The summed E-state index contributed by atoms with van der Waals surface area (Å²) >= 11 is 13.9. The van der Waals surface area contributed by atoms with Crippen LogP contribution < -0.4 is 0 Å². The van der Waals surface area contributed by atoms with Crippen molar-refractivity contribution in [3.8, 4) is 0 Å². The Morgan fingerprint density at radius 3 is 2.24 bits per heavy atom. The lowest BCUT2D eigenvalue weighted by Crippen LogP contribution is -2.46. The summed E-state index contributed by atoms with van der Waals surface area (Å²) < 4.78 is 0. The predicted octanol–water partition coefficient (Wildman–Crippen LogP) is 6.32. The van der Waals surface area contributed by atoms with Crippen molar-refractivity contribution in [1.29, 1.82) is 0 Å². The quantitative estimate of drug-likeness (QED) is 0.422. The van der Waals surface area contributed by atoms with Gasteiger partial charge in [0.2, 0.25) is 5.91 Å². The summed E-state index contributed by atoms with van der Waals surface area (Å²) in [5.41, 5.74) is 2.42. The molecule has 2 amide bonds. The first kappa shape index (κ1) is 27.1. The summed E-state index contributed by atoms with van der Waals surface area (Å²) in [6, 6.07) is 15.1. The van der Waals surface area contributed by atoms with Crippen molar-refractivity contribution in [3.63, 3.8) is 0 Å². The number of hydrogen-bond acceptors (Lipinski definition) is 5. The lowest BCUT2D eigenvalue weighted by Gasteiger charge is -2.37. The number of hydrogen-bond donors (Lipinski definition) is 0. The van der Waals surface area contributed by atoms with Crippen LogP contribution in [-0.2, 0) is 15.1 Å². The van der Waals surface area contributed by atoms with Crippen LogP contribution in [0.1, 0.15) is 50.8 Å². The second-order valence-electron chi connectivity index (χ2n) is 10.7. The van der Waals surface area contributed by atoms with E-state index in [4.69, 9.17) is 28.2 Å². The first-order valence-corrected chi connectivity index (χ1v) is 14.4. The number of halogens is 2. The van der Waals surface area contributed by atoms with E-state index in [1.165, 1.54) is 11.8 Å². The van der Waals surface area contributed by atoms with Gasteiger partial charge in [-0.1, -0.05) is 61.3 Å². The average molecular weight is 572 g/mol. The average Bonchev–Trinajstić information content (AvgIpc) is 3.57. The predicted molar refractivity (Wildman–Crippen MR) is 155 cm³/mol. The van der Waals surface area contributed by atoms with Crippen molar-refractivity contribution in [1.82, 2.24) is 14.7 Å². The molecule has 0 saturated carbocycles. The first-order chi connectivity index (χ1) is 18.0. The standard InChI is InChI=1S/C29H32Cl2N4O2S/c1-17(2)23-24(27(37)34-16-6-7-22(34)26(36)33(4)5)38-28-32-29(3,19-10-14-21(31)15-11-19)25(35(23)28)18-8-12-20(30)13-9-18/h8-15,17,22,25H,6-7,16H2,1-5H3/t22-,25?,29?/m1/s1. The van der Waals surface area contributed by atoms with E-state index in [0.29, 0.717) is 27.9 Å². The van der Waals surface area contributed by atoms with Gasteiger partial charge in [-0.05, 0) is 72.8 Å². The molecule has 200 valence electrons. The fraction of sp³-hybridized carbons (Fsp3) is 0.414. The Morgan fingerprint density at radius 2 is 1.66 bits per heavy atom. The fourth-order valence-electron chi connectivity index (χ4n) is 5.76. The molecule has 0 aliphatic carbocycles. The molecule has 0 radical (unpaired) electrons. The van der Waals surface area contributed by atoms with E-state index in [0.717, 1.165) is 28.4 Å². The zero-order valence-corrected chi connectivity index (χ0v) is 24.6. The van der Waals surface area contributed by atoms with E-state index in [-0.39, 0.29) is 23.8 Å². The molecule has 3 atom stereocenters. The number of fused-ring (bicyclic) bond motifs is 1. The third kappa shape index (κ3) is 4.52. The highest BCUT2D eigenvalue weighted by Crippen LogP contribution is 2.56. The maximum Gasteiger partial charge on any atom is 0.263 e. The minimum absolute atomic E-state index is 0.0299. The van der Waals surface area contributed by atoms with Gasteiger partial charge in [0.25, 0.3) is 5.91 Å². The first-order valence-electron chi connectivity index (χ1n) is 12.9. The molecule has 0 spiro atoms. The summed E-state index contributed by atoms with van der Waals surface area (Å²) in [6.45, 7) is 6.92. The lowest BCUT2D eigenvalue weighted by atomic mass is 9.81. The number of carbonyl (C=O) groups excluding carboxylic acids is 2. The highest BCUT2D eigenvalue weighted by molar-refractivity contribution is 8.18. The van der Waals surface area contributed by atoms with Crippen LogP contribution in [0.5, 0.6) is 0 Å². The normalized spacial score (nSPS) is 24.8. The van der Waals surface area contributed by atoms with Crippen LogP contribution in [-0.4, -0.2) is 58.4 Å². The largest absolute Gasteiger partial charge is 0.347 e. The van der Waals surface area contributed by atoms with Crippen molar-refractivity contribution >= 4 is 51.9 Å². The number of carbonyl (C=O) groups is 2. The van der Waals surface area contributed by atoms with Crippen molar-refractivity contribution in [2.24, 2.45) is 10.9 Å². The molecule has 38 heavy (non-hydrogen) atoms. The van der Waals surface area contributed by atoms with E-state index in [9.17, 15) is 9.59 Å². The minimum Gasteiger partial charge on any atom is -0.347 e. The van der Waals surface area contributed by atoms with Gasteiger partial charge in [0.05, 0.1) is 6.04 Å². The molecule has 2 aromatic rings. The van der Waals surface area contributed by atoms with Crippen molar-refractivity contribution in [2.75, 3.05) is 20.6 Å². The van der Waals surface area contributed by atoms with Gasteiger partial charge in [-0.2, -0.15) is 0 Å². The molecule has 9 heteroatoms. The summed E-state index contributed by atoms with van der Waals surface area (Å²) in [5.74, 6) is -0.0589. The number of benzene rings is 2. The van der Waals surface area contributed by atoms with Gasteiger partial charge < -0.3 is 14.7 Å². The Kier molecular flexibility index (Phi) is 7.31. The van der Waals surface area contributed by atoms with Crippen LogP contribution >= 0.6 is 35.0 Å². The van der Waals surface area contributed by atoms with Crippen LogP contribution in [0.15, 0.2) is 64.1 Å². The molecule has 0 bridgehead atoms. The number of likely N-dealkylation sites (tertiary alicyclic amines) is 1. The molecule has 3 heterocycles. The van der Waals surface area contributed by atoms with Crippen LogP contribution in [0, 0.1) is 5.92 Å². The van der Waals surface area contributed by atoms with Gasteiger partial charge in [0.1, 0.15) is 16.5 Å². The molecule has 0 N–H and O–H groups in total. The number of rotatable bonds is 5. The molecule has 5 rings (SSSR count). The summed E-state index contributed by atoms with van der Waals surface area (Å²) in [6.07, 6.45) is 1.50. The van der Waals surface area contributed by atoms with Crippen molar-refractivity contribution < 1.29 is 9.59 Å². The number of amides is 2.